The number of carbonyl (C=O) groups excluding carboxylic acids is 2. The second-order valence-electron chi connectivity index (χ2n) is 5.82. The number of rotatable bonds is 6. The highest BCUT2D eigenvalue weighted by Gasteiger charge is 2.16. The third-order valence-corrected chi connectivity index (χ3v) is 4.65. The number of esters is 1. The van der Waals surface area contributed by atoms with E-state index < -0.39 is 0 Å². The predicted octanol–water partition coefficient (Wildman–Crippen LogP) is 4.92. The number of amides is 1. The number of ether oxygens (including phenoxy) is 1. The van der Waals surface area contributed by atoms with Crippen LogP contribution in [0.5, 0.6) is 0 Å². The Morgan fingerprint density at radius 1 is 1.08 bits per heavy atom. The third kappa shape index (κ3) is 4.86. The summed E-state index contributed by atoms with van der Waals surface area (Å²) in [7, 11) is 0. The zero-order chi connectivity index (χ0) is 18.4. The molecule has 0 unspecified atom stereocenters. The van der Waals surface area contributed by atoms with E-state index in [2.05, 4.69) is 19.2 Å². The van der Waals surface area contributed by atoms with Gasteiger partial charge in [-0.25, -0.2) is 4.79 Å². The Labute approximate surface area is 153 Å². The lowest BCUT2D eigenvalue weighted by atomic mass is 10.1. The van der Waals surface area contributed by atoms with Crippen LogP contribution < -0.4 is 5.32 Å². The van der Waals surface area contributed by atoms with Crippen molar-refractivity contribution >= 4 is 29.3 Å². The minimum absolute atomic E-state index is 0.187. The van der Waals surface area contributed by atoms with Gasteiger partial charge >= 0.3 is 5.97 Å². The van der Waals surface area contributed by atoms with Crippen LogP contribution in [0.2, 0.25) is 0 Å². The molecule has 132 valence electrons. The van der Waals surface area contributed by atoms with Gasteiger partial charge in [-0.15, -0.1) is 11.8 Å². The Balaban J connectivity index is 2.27. The van der Waals surface area contributed by atoms with Gasteiger partial charge in [0.2, 0.25) is 0 Å². The van der Waals surface area contributed by atoms with Gasteiger partial charge in [-0.3, -0.25) is 4.79 Å². The Bertz CT molecular complexity index is 771. The van der Waals surface area contributed by atoms with Crippen molar-refractivity contribution in [1.29, 1.82) is 0 Å². The van der Waals surface area contributed by atoms with Gasteiger partial charge in [0.1, 0.15) is 0 Å². The number of hydrogen-bond acceptors (Lipinski definition) is 4. The minimum atomic E-state index is -0.383. The summed E-state index contributed by atoms with van der Waals surface area (Å²) in [5.41, 5.74) is 2.40. The van der Waals surface area contributed by atoms with Gasteiger partial charge in [-0.2, -0.15) is 0 Å². The lowest BCUT2D eigenvalue weighted by Crippen LogP contribution is -2.15. The fourth-order valence-electron chi connectivity index (χ4n) is 2.40. The van der Waals surface area contributed by atoms with E-state index in [-0.39, 0.29) is 11.9 Å². The number of hydrogen-bond donors (Lipinski definition) is 1. The highest BCUT2D eigenvalue weighted by Crippen LogP contribution is 2.28. The third-order valence-electron chi connectivity index (χ3n) is 3.57. The molecule has 0 saturated heterocycles. The average Bonchev–Trinajstić information content (AvgIpc) is 2.56. The first-order chi connectivity index (χ1) is 11.9. The van der Waals surface area contributed by atoms with E-state index in [0.29, 0.717) is 34.2 Å². The Kier molecular flexibility index (Phi) is 6.65. The number of carbonyl (C=O) groups is 2. The quantitative estimate of drug-likeness (QED) is 0.589. The van der Waals surface area contributed by atoms with Crippen molar-refractivity contribution in [1.82, 2.24) is 0 Å². The molecule has 2 aromatic carbocycles. The second kappa shape index (κ2) is 8.72. The van der Waals surface area contributed by atoms with Crippen molar-refractivity contribution in [3.63, 3.8) is 0 Å². The van der Waals surface area contributed by atoms with E-state index in [0.717, 1.165) is 4.90 Å². The summed E-state index contributed by atoms with van der Waals surface area (Å²) in [5, 5.41) is 3.30. The average molecular weight is 357 g/mol. The zero-order valence-corrected chi connectivity index (χ0v) is 15.8. The first-order valence-electron chi connectivity index (χ1n) is 8.27. The van der Waals surface area contributed by atoms with Crippen LogP contribution in [0.1, 0.15) is 47.1 Å². The maximum atomic E-state index is 12.7. The predicted molar refractivity (Wildman–Crippen MR) is 103 cm³/mol. The summed E-state index contributed by atoms with van der Waals surface area (Å²) in [6, 6.07) is 12.8. The molecule has 0 aromatic heterocycles. The Morgan fingerprint density at radius 2 is 1.76 bits per heavy atom. The number of nitrogens with one attached hydrogen (secondary N) is 1. The molecule has 0 aliphatic heterocycles. The van der Waals surface area contributed by atoms with Crippen LogP contribution in [0.15, 0.2) is 47.4 Å². The molecule has 0 radical (unpaired) electrons. The van der Waals surface area contributed by atoms with E-state index in [1.807, 2.05) is 24.3 Å². The first-order valence-corrected chi connectivity index (χ1v) is 9.15. The minimum Gasteiger partial charge on any atom is -0.462 e. The summed E-state index contributed by atoms with van der Waals surface area (Å²) >= 11 is 1.65. The fourth-order valence-corrected chi connectivity index (χ4v) is 3.35. The number of thioether (sulfide) groups is 1. The van der Waals surface area contributed by atoms with E-state index in [4.69, 9.17) is 4.74 Å². The van der Waals surface area contributed by atoms with Crippen molar-refractivity contribution in [3.05, 3.63) is 59.2 Å². The SMILES string of the molecule is CCOC(=O)c1cccc(NC(=O)c2ccccc2SC(C)C)c1C. The molecule has 2 rings (SSSR count). The van der Waals surface area contributed by atoms with Crippen LogP contribution in [0.25, 0.3) is 0 Å². The van der Waals surface area contributed by atoms with Gasteiger partial charge in [0, 0.05) is 15.8 Å². The lowest BCUT2D eigenvalue weighted by molar-refractivity contribution is 0.0525. The van der Waals surface area contributed by atoms with Crippen molar-refractivity contribution in [3.8, 4) is 0 Å². The van der Waals surface area contributed by atoms with Gasteiger partial charge in [0.05, 0.1) is 17.7 Å². The molecule has 0 saturated carbocycles. The smallest absolute Gasteiger partial charge is 0.338 e. The molecule has 4 nitrogen and oxygen atoms in total. The van der Waals surface area contributed by atoms with Gasteiger partial charge in [-0.1, -0.05) is 32.0 Å². The van der Waals surface area contributed by atoms with Crippen LogP contribution in [0.4, 0.5) is 5.69 Å². The van der Waals surface area contributed by atoms with Crippen molar-refractivity contribution in [2.45, 2.75) is 37.8 Å². The van der Waals surface area contributed by atoms with Crippen LogP contribution in [0, 0.1) is 6.92 Å². The fraction of sp³-hybridized carbons (Fsp3) is 0.300. The lowest BCUT2D eigenvalue weighted by Gasteiger charge is -2.14. The summed E-state index contributed by atoms with van der Waals surface area (Å²) in [4.78, 5) is 25.7. The topological polar surface area (TPSA) is 55.4 Å². The number of anilines is 1. The molecule has 0 heterocycles. The molecule has 0 aliphatic carbocycles. The molecule has 5 heteroatoms. The molecule has 25 heavy (non-hydrogen) atoms. The molecule has 1 N–H and O–H groups in total. The van der Waals surface area contributed by atoms with Gasteiger partial charge in [-0.05, 0) is 43.7 Å². The van der Waals surface area contributed by atoms with Crippen LogP contribution in [-0.4, -0.2) is 23.7 Å². The Hall–Kier alpha value is -2.27. The van der Waals surface area contributed by atoms with E-state index >= 15 is 0 Å². The molecular formula is C20H23NO3S. The highest BCUT2D eigenvalue weighted by molar-refractivity contribution is 8.00. The van der Waals surface area contributed by atoms with Crippen LogP contribution in [0.3, 0.4) is 0 Å². The monoisotopic (exact) mass is 357 g/mol. The first kappa shape index (κ1) is 19.1. The van der Waals surface area contributed by atoms with Crippen molar-refractivity contribution < 1.29 is 14.3 Å². The van der Waals surface area contributed by atoms with Crippen molar-refractivity contribution in [2.75, 3.05) is 11.9 Å². The van der Waals surface area contributed by atoms with Crippen LogP contribution in [-0.2, 0) is 4.74 Å². The molecule has 0 bridgehead atoms. The molecule has 0 spiro atoms. The largest absolute Gasteiger partial charge is 0.462 e. The molecular weight excluding hydrogens is 334 g/mol. The molecule has 0 aliphatic rings. The standard InChI is InChI=1S/C20H23NO3S/c1-5-24-20(23)15-10-8-11-17(14(15)4)21-19(22)16-9-6-7-12-18(16)25-13(2)3/h6-13H,5H2,1-4H3,(H,21,22). The highest BCUT2D eigenvalue weighted by atomic mass is 32.2. The maximum absolute atomic E-state index is 12.7. The van der Waals surface area contributed by atoms with Gasteiger partial charge in [0.15, 0.2) is 0 Å². The van der Waals surface area contributed by atoms with E-state index in [9.17, 15) is 9.59 Å². The normalized spacial score (nSPS) is 10.6. The summed E-state index contributed by atoms with van der Waals surface area (Å²) in [6.07, 6.45) is 0. The maximum Gasteiger partial charge on any atom is 0.338 e. The summed E-state index contributed by atoms with van der Waals surface area (Å²) < 4.78 is 5.06. The van der Waals surface area contributed by atoms with E-state index in [1.165, 1.54) is 0 Å². The van der Waals surface area contributed by atoms with Gasteiger partial charge < -0.3 is 10.1 Å². The van der Waals surface area contributed by atoms with Gasteiger partial charge in [0.25, 0.3) is 5.91 Å². The molecule has 1 amide bonds. The zero-order valence-electron chi connectivity index (χ0n) is 15.0. The Morgan fingerprint density at radius 3 is 2.44 bits per heavy atom. The number of benzene rings is 2. The summed E-state index contributed by atoms with van der Waals surface area (Å²) in [5.74, 6) is -0.570. The van der Waals surface area contributed by atoms with Crippen LogP contribution >= 0.6 is 11.8 Å². The molecule has 2 aromatic rings. The van der Waals surface area contributed by atoms with E-state index in [1.54, 1.807) is 43.8 Å². The second-order valence-corrected chi connectivity index (χ2v) is 7.43. The van der Waals surface area contributed by atoms with Crippen molar-refractivity contribution in [2.24, 2.45) is 0 Å². The summed E-state index contributed by atoms with van der Waals surface area (Å²) in [6.45, 7) is 8.06. The molecule has 0 atom stereocenters. The molecule has 0 fully saturated rings.